The number of rotatable bonds is 4. The van der Waals surface area contributed by atoms with Crippen molar-refractivity contribution in [3.63, 3.8) is 0 Å². The van der Waals surface area contributed by atoms with E-state index in [2.05, 4.69) is 10.1 Å². The molecule has 0 aliphatic carbocycles. The van der Waals surface area contributed by atoms with Crippen molar-refractivity contribution in [3.05, 3.63) is 85.8 Å². The lowest BCUT2D eigenvalue weighted by atomic mass is 10.0. The molecule has 0 unspecified atom stereocenters. The van der Waals surface area contributed by atoms with Crippen molar-refractivity contribution >= 4 is 16.7 Å². The number of aryl methyl sites for hydroxylation is 3. The number of carbonyl (C=O) groups excluding carboxylic acids is 1. The first-order chi connectivity index (χ1) is 14.3. The predicted octanol–water partition coefficient (Wildman–Crippen LogP) is 2.27. The number of hydrogen-bond donors (Lipinski definition) is 1. The molecule has 0 saturated heterocycles. The minimum atomic E-state index is -0.444. The summed E-state index contributed by atoms with van der Waals surface area (Å²) in [6, 6.07) is 11.8. The Hall–Kier alpha value is -3.94. The molecule has 8 nitrogen and oxygen atoms in total. The second-order valence-electron chi connectivity index (χ2n) is 7.01. The molecule has 2 heterocycles. The number of aromatic amines is 1. The molecule has 30 heavy (non-hydrogen) atoms. The highest BCUT2D eigenvalue weighted by atomic mass is 16.5. The van der Waals surface area contributed by atoms with Crippen LogP contribution in [0.15, 0.2) is 52.1 Å². The van der Waals surface area contributed by atoms with Crippen LogP contribution in [0.4, 0.5) is 0 Å². The topological polar surface area (TPSA) is 99.0 Å². The highest BCUT2D eigenvalue weighted by molar-refractivity contribution is 6.10. The van der Waals surface area contributed by atoms with Crippen LogP contribution < -0.4 is 15.9 Å². The van der Waals surface area contributed by atoms with Crippen molar-refractivity contribution in [3.8, 4) is 11.4 Å². The predicted molar refractivity (Wildman–Crippen MR) is 113 cm³/mol. The Morgan fingerprint density at radius 2 is 1.80 bits per heavy atom. The van der Waals surface area contributed by atoms with Gasteiger partial charge >= 0.3 is 0 Å². The lowest BCUT2D eigenvalue weighted by molar-refractivity contribution is 0.103. The van der Waals surface area contributed by atoms with E-state index < -0.39 is 11.3 Å². The normalized spacial score (nSPS) is 11.1. The van der Waals surface area contributed by atoms with Crippen LogP contribution in [0.2, 0.25) is 0 Å². The van der Waals surface area contributed by atoms with Crippen molar-refractivity contribution in [2.75, 3.05) is 7.11 Å². The summed E-state index contributed by atoms with van der Waals surface area (Å²) >= 11 is 0. The average Bonchev–Trinajstić information content (AvgIpc) is 2.99. The third kappa shape index (κ3) is 2.93. The zero-order valence-corrected chi connectivity index (χ0v) is 17.0. The van der Waals surface area contributed by atoms with E-state index in [1.807, 2.05) is 6.07 Å². The number of aromatic nitrogens is 4. The molecular weight excluding hydrogens is 384 g/mol. The van der Waals surface area contributed by atoms with Gasteiger partial charge in [-0.15, -0.1) is 0 Å². The molecule has 4 aromatic rings. The van der Waals surface area contributed by atoms with E-state index in [-0.39, 0.29) is 22.1 Å². The van der Waals surface area contributed by atoms with Crippen LogP contribution in [0.3, 0.4) is 0 Å². The number of para-hydroxylation sites is 2. The third-order valence-electron chi connectivity index (χ3n) is 5.08. The van der Waals surface area contributed by atoms with Gasteiger partial charge in [0.2, 0.25) is 0 Å². The monoisotopic (exact) mass is 404 g/mol. The number of fused-ring (bicyclic) bond motifs is 1. The Bertz CT molecular complexity index is 1430. The minimum absolute atomic E-state index is 0.0574. The van der Waals surface area contributed by atoms with E-state index in [9.17, 15) is 14.4 Å². The fourth-order valence-electron chi connectivity index (χ4n) is 3.63. The van der Waals surface area contributed by atoms with Gasteiger partial charge in [-0.2, -0.15) is 0 Å². The lowest BCUT2D eigenvalue weighted by Crippen LogP contribution is -2.23. The van der Waals surface area contributed by atoms with Gasteiger partial charge in [-0.1, -0.05) is 12.1 Å². The first-order valence-electron chi connectivity index (χ1n) is 9.30. The minimum Gasteiger partial charge on any atom is -0.495 e. The Balaban J connectivity index is 1.94. The maximum absolute atomic E-state index is 13.4. The number of nitrogens with one attached hydrogen (secondary N) is 1. The molecule has 0 radical (unpaired) electrons. The first kappa shape index (κ1) is 19.4. The zero-order chi connectivity index (χ0) is 21.6. The lowest BCUT2D eigenvalue weighted by Gasteiger charge is -2.14. The van der Waals surface area contributed by atoms with Gasteiger partial charge in [0, 0.05) is 18.3 Å². The molecule has 0 atom stereocenters. The Labute approximate surface area is 171 Å². The van der Waals surface area contributed by atoms with Gasteiger partial charge in [0.25, 0.3) is 11.1 Å². The van der Waals surface area contributed by atoms with Crippen molar-refractivity contribution in [2.24, 2.45) is 7.05 Å². The Morgan fingerprint density at radius 1 is 1.07 bits per heavy atom. The summed E-state index contributed by atoms with van der Waals surface area (Å²) < 4.78 is 8.10. The zero-order valence-electron chi connectivity index (χ0n) is 17.0. The van der Waals surface area contributed by atoms with E-state index in [1.54, 1.807) is 51.2 Å². The highest BCUT2D eigenvalue weighted by Crippen LogP contribution is 2.23. The molecule has 152 valence electrons. The van der Waals surface area contributed by atoms with Crippen molar-refractivity contribution in [1.82, 2.24) is 19.3 Å². The second kappa shape index (κ2) is 7.14. The van der Waals surface area contributed by atoms with Crippen LogP contribution in [0.25, 0.3) is 16.6 Å². The summed E-state index contributed by atoms with van der Waals surface area (Å²) in [6.07, 6.45) is 0. The molecule has 0 aliphatic rings. The third-order valence-corrected chi connectivity index (χ3v) is 5.08. The summed E-state index contributed by atoms with van der Waals surface area (Å²) in [5, 5.41) is 3.10. The van der Waals surface area contributed by atoms with E-state index in [4.69, 9.17) is 4.74 Å². The van der Waals surface area contributed by atoms with Gasteiger partial charge in [-0.3, -0.25) is 28.7 Å². The van der Waals surface area contributed by atoms with Crippen LogP contribution in [-0.4, -0.2) is 32.2 Å². The quantitative estimate of drug-likeness (QED) is 0.526. The summed E-state index contributed by atoms with van der Waals surface area (Å²) in [5.41, 5.74) is 1.07. The number of hydrogen-bond acceptors (Lipinski definition) is 5. The van der Waals surface area contributed by atoms with Crippen molar-refractivity contribution < 1.29 is 9.53 Å². The van der Waals surface area contributed by atoms with E-state index in [1.165, 1.54) is 22.4 Å². The SMILES string of the molecule is COc1ccccc1-n1c(C)nc2ccc(C(=O)c3c(C)[nH]n(C)c3=O)cc2c1=O. The molecule has 0 aliphatic heterocycles. The standard InChI is InChI=1S/C22H20N4O4/c1-12-19(22(29)25(3)24-12)20(27)14-9-10-16-15(11-14)21(28)26(13(2)23-16)17-7-5-6-8-18(17)30-4/h5-11,24H,1-4H3. The van der Waals surface area contributed by atoms with Gasteiger partial charge in [0.05, 0.1) is 23.7 Å². The summed E-state index contributed by atoms with van der Waals surface area (Å²) in [4.78, 5) is 43.2. The number of nitrogens with zero attached hydrogens (tertiary/aromatic N) is 3. The van der Waals surface area contributed by atoms with Crippen LogP contribution >= 0.6 is 0 Å². The summed E-state index contributed by atoms with van der Waals surface area (Å²) in [5.74, 6) is 0.578. The highest BCUT2D eigenvalue weighted by Gasteiger charge is 2.21. The van der Waals surface area contributed by atoms with Crippen LogP contribution in [0.1, 0.15) is 27.4 Å². The van der Waals surface area contributed by atoms with Gasteiger partial charge in [0.15, 0.2) is 5.78 Å². The Kier molecular flexibility index (Phi) is 4.62. The summed E-state index contributed by atoms with van der Waals surface area (Å²) in [6.45, 7) is 3.40. The summed E-state index contributed by atoms with van der Waals surface area (Å²) in [7, 11) is 3.08. The molecule has 1 N–H and O–H groups in total. The molecule has 4 rings (SSSR count). The van der Waals surface area contributed by atoms with Crippen molar-refractivity contribution in [2.45, 2.75) is 13.8 Å². The average molecular weight is 404 g/mol. The molecule has 2 aromatic carbocycles. The molecule has 8 heteroatoms. The molecule has 0 amide bonds. The van der Waals surface area contributed by atoms with Gasteiger partial charge < -0.3 is 4.74 Å². The van der Waals surface area contributed by atoms with Crippen LogP contribution in [0, 0.1) is 13.8 Å². The number of carbonyl (C=O) groups is 1. The van der Waals surface area contributed by atoms with Crippen molar-refractivity contribution in [1.29, 1.82) is 0 Å². The maximum atomic E-state index is 13.4. The second-order valence-corrected chi connectivity index (χ2v) is 7.01. The number of ketones is 1. The van der Waals surface area contributed by atoms with E-state index in [0.717, 1.165) is 0 Å². The maximum Gasteiger partial charge on any atom is 0.277 e. The van der Waals surface area contributed by atoms with E-state index >= 15 is 0 Å². The Morgan fingerprint density at radius 3 is 2.47 bits per heavy atom. The number of ether oxygens (including phenoxy) is 1. The van der Waals surface area contributed by atoms with E-state index in [0.29, 0.717) is 28.5 Å². The molecule has 0 bridgehead atoms. The first-order valence-corrected chi connectivity index (χ1v) is 9.30. The molecular formula is C22H20N4O4. The molecule has 0 fully saturated rings. The fraction of sp³-hybridized carbons (Fsp3) is 0.182. The van der Waals surface area contributed by atoms with Gasteiger partial charge in [-0.05, 0) is 44.2 Å². The fourth-order valence-corrected chi connectivity index (χ4v) is 3.63. The van der Waals surface area contributed by atoms with Gasteiger partial charge in [-0.25, -0.2) is 4.98 Å². The number of H-pyrrole nitrogens is 1. The number of benzene rings is 2. The molecule has 0 spiro atoms. The largest absolute Gasteiger partial charge is 0.495 e. The van der Waals surface area contributed by atoms with Crippen LogP contribution in [0.5, 0.6) is 5.75 Å². The molecule has 2 aromatic heterocycles. The van der Waals surface area contributed by atoms with Crippen LogP contribution in [-0.2, 0) is 7.05 Å². The smallest absolute Gasteiger partial charge is 0.277 e. The van der Waals surface area contributed by atoms with Gasteiger partial charge in [0.1, 0.15) is 17.1 Å². The number of methoxy groups -OCH3 is 1. The molecule has 0 saturated carbocycles.